The SMILES string of the molecule is O=C(C1=CCCCO1)c1ccc(Cl)c(F)c1. The normalized spacial score (nSPS) is 15.2. The van der Waals surface area contributed by atoms with Crippen LogP contribution in [0, 0.1) is 5.82 Å². The van der Waals surface area contributed by atoms with E-state index in [1.807, 2.05) is 0 Å². The van der Waals surface area contributed by atoms with E-state index in [9.17, 15) is 9.18 Å². The molecule has 1 aliphatic rings. The monoisotopic (exact) mass is 240 g/mol. The lowest BCUT2D eigenvalue weighted by molar-refractivity contribution is 0.0898. The van der Waals surface area contributed by atoms with Crippen molar-refractivity contribution in [1.29, 1.82) is 0 Å². The molecule has 0 bridgehead atoms. The van der Waals surface area contributed by atoms with Gasteiger partial charge in [-0.15, -0.1) is 0 Å². The van der Waals surface area contributed by atoms with Crippen LogP contribution in [-0.2, 0) is 4.74 Å². The smallest absolute Gasteiger partial charge is 0.227 e. The van der Waals surface area contributed by atoms with Crippen LogP contribution < -0.4 is 0 Å². The minimum atomic E-state index is -0.594. The van der Waals surface area contributed by atoms with Gasteiger partial charge in [0.05, 0.1) is 11.6 Å². The number of benzene rings is 1. The van der Waals surface area contributed by atoms with E-state index in [-0.39, 0.29) is 16.4 Å². The first-order valence-corrected chi connectivity index (χ1v) is 5.39. The quantitative estimate of drug-likeness (QED) is 0.741. The molecule has 0 saturated heterocycles. The lowest BCUT2D eigenvalue weighted by atomic mass is 10.1. The summed E-state index contributed by atoms with van der Waals surface area (Å²) < 4.78 is 18.4. The van der Waals surface area contributed by atoms with Crippen molar-refractivity contribution < 1.29 is 13.9 Å². The highest BCUT2D eigenvalue weighted by molar-refractivity contribution is 6.30. The van der Waals surface area contributed by atoms with Crippen molar-refractivity contribution in [2.24, 2.45) is 0 Å². The first-order chi connectivity index (χ1) is 7.68. The van der Waals surface area contributed by atoms with Gasteiger partial charge in [0, 0.05) is 5.56 Å². The molecule has 1 aromatic rings. The van der Waals surface area contributed by atoms with Crippen LogP contribution in [-0.4, -0.2) is 12.4 Å². The average Bonchev–Trinajstić information content (AvgIpc) is 2.33. The Balaban J connectivity index is 2.26. The second-order valence-corrected chi connectivity index (χ2v) is 3.92. The largest absolute Gasteiger partial charge is 0.490 e. The fraction of sp³-hybridized carbons (Fsp3) is 0.250. The molecular weight excluding hydrogens is 231 g/mol. The number of carbonyl (C=O) groups is 1. The fourth-order valence-corrected chi connectivity index (χ4v) is 1.61. The molecule has 0 aliphatic carbocycles. The second kappa shape index (κ2) is 4.66. The van der Waals surface area contributed by atoms with Crippen LogP contribution in [0.1, 0.15) is 23.2 Å². The van der Waals surface area contributed by atoms with Crippen molar-refractivity contribution in [3.8, 4) is 0 Å². The Morgan fingerprint density at radius 3 is 2.88 bits per heavy atom. The third kappa shape index (κ3) is 2.25. The topological polar surface area (TPSA) is 26.3 Å². The minimum absolute atomic E-state index is 0.00934. The van der Waals surface area contributed by atoms with E-state index >= 15 is 0 Å². The number of hydrogen-bond donors (Lipinski definition) is 0. The summed E-state index contributed by atoms with van der Waals surface area (Å²) in [5.41, 5.74) is 0.259. The predicted molar refractivity (Wildman–Crippen MR) is 59.0 cm³/mol. The van der Waals surface area contributed by atoms with Gasteiger partial charge in [0.2, 0.25) is 5.78 Å². The molecule has 0 saturated carbocycles. The molecule has 2 rings (SSSR count). The number of carbonyl (C=O) groups excluding carboxylic acids is 1. The zero-order valence-electron chi connectivity index (χ0n) is 8.50. The summed E-state index contributed by atoms with van der Waals surface area (Å²) in [6.07, 6.45) is 3.46. The number of Topliss-reactive ketones (excluding diaryl/α,β-unsaturated/α-hetero) is 1. The van der Waals surface area contributed by atoms with Gasteiger partial charge < -0.3 is 4.74 Å². The van der Waals surface area contributed by atoms with Crippen molar-refractivity contribution >= 4 is 17.4 Å². The van der Waals surface area contributed by atoms with Crippen LogP contribution >= 0.6 is 11.6 Å². The van der Waals surface area contributed by atoms with Gasteiger partial charge in [-0.2, -0.15) is 0 Å². The summed E-state index contributed by atoms with van der Waals surface area (Å²) in [5, 5.41) is 0.00934. The van der Waals surface area contributed by atoms with E-state index in [0.29, 0.717) is 12.4 Å². The molecule has 1 aliphatic heterocycles. The van der Waals surface area contributed by atoms with Gasteiger partial charge >= 0.3 is 0 Å². The summed E-state index contributed by atoms with van der Waals surface area (Å²) in [6, 6.07) is 3.99. The molecule has 2 nitrogen and oxygen atoms in total. The van der Waals surface area contributed by atoms with Gasteiger partial charge in [0.1, 0.15) is 5.82 Å². The first kappa shape index (κ1) is 11.1. The molecule has 16 heavy (non-hydrogen) atoms. The number of ether oxygens (including phenoxy) is 1. The standard InChI is InChI=1S/C12H10ClFO2/c13-9-5-4-8(7-10(9)14)12(15)11-3-1-2-6-16-11/h3-5,7H,1-2,6H2. The Morgan fingerprint density at radius 1 is 1.44 bits per heavy atom. The van der Waals surface area contributed by atoms with E-state index in [1.54, 1.807) is 6.08 Å². The highest BCUT2D eigenvalue weighted by Gasteiger charge is 2.17. The zero-order chi connectivity index (χ0) is 11.5. The number of hydrogen-bond acceptors (Lipinski definition) is 2. The van der Waals surface area contributed by atoms with E-state index in [1.165, 1.54) is 12.1 Å². The summed E-state index contributed by atoms with van der Waals surface area (Å²) in [7, 11) is 0. The van der Waals surface area contributed by atoms with Gasteiger partial charge in [0.25, 0.3) is 0 Å². The summed E-state index contributed by atoms with van der Waals surface area (Å²) in [6.45, 7) is 0.535. The Kier molecular flexibility index (Phi) is 3.25. The lowest BCUT2D eigenvalue weighted by Crippen LogP contribution is -2.11. The summed E-state index contributed by atoms with van der Waals surface area (Å²) >= 11 is 5.54. The molecule has 1 aromatic carbocycles. The van der Waals surface area contributed by atoms with E-state index in [0.717, 1.165) is 18.9 Å². The Labute approximate surface area is 97.7 Å². The van der Waals surface area contributed by atoms with Crippen LogP contribution in [0.2, 0.25) is 5.02 Å². The Bertz CT molecular complexity index is 454. The molecule has 84 valence electrons. The lowest BCUT2D eigenvalue weighted by Gasteiger charge is -2.13. The van der Waals surface area contributed by atoms with E-state index < -0.39 is 5.82 Å². The van der Waals surface area contributed by atoms with Crippen LogP contribution in [0.15, 0.2) is 30.0 Å². The molecule has 0 amide bonds. The molecule has 0 N–H and O–H groups in total. The van der Waals surface area contributed by atoms with Gasteiger partial charge in [-0.3, -0.25) is 4.79 Å². The van der Waals surface area contributed by atoms with Gasteiger partial charge in [-0.25, -0.2) is 4.39 Å². The van der Waals surface area contributed by atoms with Crippen LogP contribution in [0.3, 0.4) is 0 Å². The van der Waals surface area contributed by atoms with Crippen LogP contribution in [0.5, 0.6) is 0 Å². The molecule has 0 radical (unpaired) electrons. The maximum Gasteiger partial charge on any atom is 0.227 e. The third-order valence-electron chi connectivity index (χ3n) is 2.34. The minimum Gasteiger partial charge on any atom is -0.490 e. The van der Waals surface area contributed by atoms with Crippen molar-refractivity contribution in [3.63, 3.8) is 0 Å². The number of allylic oxidation sites excluding steroid dienone is 2. The van der Waals surface area contributed by atoms with E-state index in [2.05, 4.69) is 0 Å². The molecule has 0 atom stereocenters. The van der Waals surface area contributed by atoms with Gasteiger partial charge in [0.15, 0.2) is 5.76 Å². The number of halogens is 2. The number of ketones is 1. The Hall–Kier alpha value is -1.35. The van der Waals surface area contributed by atoms with Crippen LogP contribution in [0.4, 0.5) is 4.39 Å². The van der Waals surface area contributed by atoms with Gasteiger partial charge in [-0.05, 0) is 37.1 Å². The molecule has 4 heteroatoms. The average molecular weight is 241 g/mol. The fourth-order valence-electron chi connectivity index (χ4n) is 1.50. The van der Waals surface area contributed by atoms with Gasteiger partial charge in [-0.1, -0.05) is 11.6 Å². The molecule has 1 heterocycles. The molecule has 0 unspecified atom stereocenters. The molecular formula is C12H10ClFO2. The van der Waals surface area contributed by atoms with Crippen molar-refractivity contribution in [1.82, 2.24) is 0 Å². The second-order valence-electron chi connectivity index (χ2n) is 3.52. The van der Waals surface area contributed by atoms with E-state index in [4.69, 9.17) is 16.3 Å². The third-order valence-corrected chi connectivity index (χ3v) is 2.65. The highest BCUT2D eigenvalue weighted by atomic mass is 35.5. The van der Waals surface area contributed by atoms with Crippen molar-refractivity contribution in [3.05, 3.63) is 46.4 Å². The highest BCUT2D eigenvalue weighted by Crippen LogP contribution is 2.20. The zero-order valence-corrected chi connectivity index (χ0v) is 9.26. The molecule has 0 aromatic heterocycles. The predicted octanol–water partition coefficient (Wildman–Crippen LogP) is 3.36. The summed E-state index contributed by atoms with van der Waals surface area (Å²) in [4.78, 5) is 11.9. The molecule has 0 fully saturated rings. The summed E-state index contributed by atoms with van der Waals surface area (Å²) in [5.74, 6) is -0.591. The maximum atomic E-state index is 13.2. The molecule has 0 spiro atoms. The van der Waals surface area contributed by atoms with Crippen LogP contribution in [0.25, 0.3) is 0 Å². The van der Waals surface area contributed by atoms with Crippen molar-refractivity contribution in [2.75, 3.05) is 6.61 Å². The Morgan fingerprint density at radius 2 is 2.25 bits per heavy atom. The number of rotatable bonds is 2. The first-order valence-electron chi connectivity index (χ1n) is 5.01. The van der Waals surface area contributed by atoms with Crippen molar-refractivity contribution in [2.45, 2.75) is 12.8 Å². The maximum absolute atomic E-state index is 13.2.